The molecule has 0 bridgehead atoms. The van der Waals surface area contributed by atoms with Crippen LogP contribution >= 0.6 is 0 Å². The minimum atomic E-state index is -4.66. The Morgan fingerprint density at radius 3 is 2.29 bits per heavy atom. The fourth-order valence-corrected chi connectivity index (χ4v) is 2.06. The van der Waals surface area contributed by atoms with Crippen molar-refractivity contribution in [2.75, 3.05) is 0 Å². The summed E-state index contributed by atoms with van der Waals surface area (Å²) in [5.41, 5.74) is 0. The second-order valence-electron chi connectivity index (χ2n) is 3.29. The summed E-state index contributed by atoms with van der Waals surface area (Å²) in [5, 5.41) is 0. The SMILES string of the molecule is CCC(F)C(F)(F)OS(=O)(=O)c1ccccc1. The van der Waals surface area contributed by atoms with Gasteiger partial charge in [-0.1, -0.05) is 25.1 Å². The first-order chi connectivity index (χ1) is 7.79. The molecule has 1 aromatic rings. The molecular formula is C10H11F3O3S. The van der Waals surface area contributed by atoms with Gasteiger partial charge in [0.25, 0.3) is 0 Å². The standard InChI is InChI=1S/C10H11F3O3S/c1-2-9(11)10(12,13)16-17(14,15)8-6-4-3-5-7-8/h3-7,9H,2H2,1H3. The molecule has 1 unspecified atom stereocenters. The van der Waals surface area contributed by atoms with Gasteiger partial charge in [0.2, 0.25) is 0 Å². The molecule has 17 heavy (non-hydrogen) atoms. The molecule has 0 amide bonds. The second-order valence-corrected chi connectivity index (χ2v) is 4.83. The molecule has 1 atom stereocenters. The highest BCUT2D eigenvalue weighted by Crippen LogP contribution is 2.29. The van der Waals surface area contributed by atoms with Crippen molar-refractivity contribution in [3.63, 3.8) is 0 Å². The predicted molar refractivity (Wildman–Crippen MR) is 54.8 cm³/mol. The minimum absolute atomic E-state index is 0.442. The van der Waals surface area contributed by atoms with Gasteiger partial charge in [-0.25, -0.2) is 4.39 Å². The average molecular weight is 268 g/mol. The van der Waals surface area contributed by atoms with Gasteiger partial charge in [0.05, 0.1) is 4.90 Å². The van der Waals surface area contributed by atoms with Gasteiger partial charge >= 0.3 is 16.2 Å². The van der Waals surface area contributed by atoms with Crippen molar-refractivity contribution in [1.82, 2.24) is 0 Å². The first kappa shape index (κ1) is 14.0. The molecule has 0 aliphatic carbocycles. The lowest BCUT2D eigenvalue weighted by Gasteiger charge is -2.18. The fraction of sp³-hybridized carbons (Fsp3) is 0.400. The highest BCUT2D eigenvalue weighted by Gasteiger charge is 2.45. The molecular weight excluding hydrogens is 257 g/mol. The maximum atomic E-state index is 13.0. The number of halogens is 3. The maximum absolute atomic E-state index is 13.0. The number of hydrogen-bond donors (Lipinski definition) is 0. The third-order valence-electron chi connectivity index (χ3n) is 1.98. The fourth-order valence-electron chi connectivity index (χ4n) is 1.07. The van der Waals surface area contributed by atoms with Gasteiger partial charge in [0, 0.05) is 0 Å². The van der Waals surface area contributed by atoms with Crippen LogP contribution in [0.2, 0.25) is 0 Å². The Balaban J connectivity index is 2.95. The quantitative estimate of drug-likeness (QED) is 0.771. The van der Waals surface area contributed by atoms with Crippen LogP contribution in [0.3, 0.4) is 0 Å². The Hall–Kier alpha value is -1.08. The summed E-state index contributed by atoms with van der Waals surface area (Å²) >= 11 is 0. The zero-order valence-corrected chi connectivity index (χ0v) is 9.75. The molecule has 0 aliphatic heterocycles. The van der Waals surface area contributed by atoms with Gasteiger partial charge < -0.3 is 0 Å². The lowest BCUT2D eigenvalue weighted by atomic mass is 10.3. The highest BCUT2D eigenvalue weighted by molar-refractivity contribution is 7.86. The smallest absolute Gasteiger partial charge is 0.238 e. The summed E-state index contributed by atoms with van der Waals surface area (Å²) in [6.07, 6.45) is -7.57. The Bertz CT molecular complexity index is 459. The first-order valence-corrected chi connectivity index (χ1v) is 6.23. The summed E-state index contributed by atoms with van der Waals surface area (Å²) in [7, 11) is -4.66. The van der Waals surface area contributed by atoms with E-state index in [1.807, 2.05) is 0 Å². The van der Waals surface area contributed by atoms with Gasteiger partial charge in [-0.3, -0.25) is 0 Å². The average Bonchev–Trinajstić information content (AvgIpc) is 2.27. The second kappa shape index (κ2) is 5.05. The van der Waals surface area contributed by atoms with Crippen LogP contribution in [0.5, 0.6) is 0 Å². The molecule has 7 heteroatoms. The molecule has 0 heterocycles. The summed E-state index contributed by atoms with van der Waals surface area (Å²) in [4.78, 5) is -0.442. The number of rotatable bonds is 5. The normalized spacial score (nSPS) is 14.6. The zero-order valence-electron chi connectivity index (χ0n) is 8.94. The van der Waals surface area contributed by atoms with Crippen molar-refractivity contribution in [3.8, 4) is 0 Å². The van der Waals surface area contributed by atoms with E-state index >= 15 is 0 Å². The van der Waals surface area contributed by atoms with Crippen LogP contribution in [0.25, 0.3) is 0 Å². The molecule has 0 saturated heterocycles. The van der Waals surface area contributed by atoms with Crippen molar-refractivity contribution in [3.05, 3.63) is 30.3 Å². The first-order valence-electron chi connectivity index (χ1n) is 4.82. The van der Waals surface area contributed by atoms with Crippen LogP contribution in [0.1, 0.15) is 13.3 Å². The Kier molecular flexibility index (Phi) is 4.16. The topological polar surface area (TPSA) is 43.4 Å². The molecule has 0 N–H and O–H groups in total. The molecule has 0 radical (unpaired) electrons. The van der Waals surface area contributed by atoms with E-state index in [0.717, 1.165) is 19.1 Å². The van der Waals surface area contributed by atoms with E-state index in [-0.39, 0.29) is 0 Å². The van der Waals surface area contributed by atoms with Crippen molar-refractivity contribution in [1.29, 1.82) is 0 Å². The number of hydrogen-bond acceptors (Lipinski definition) is 3. The molecule has 0 spiro atoms. The molecule has 96 valence electrons. The van der Waals surface area contributed by atoms with Crippen molar-refractivity contribution < 1.29 is 25.8 Å². The third-order valence-corrected chi connectivity index (χ3v) is 3.27. The lowest BCUT2D eigenvalue weighted by Crippen LogP contribution is -2.35. The van der Waals surface area contributed by atoms with E-state index in [4.69, 9.17) is 0 Å². The largest absolute Gasteiger partial charge is 0.400 e. The predicted octanol–water partition coefficient (Wildman–Crippen LogP) is 2.73. The molecule has 0 fully saturated rings. The highest BCUT2D eigenvalue weighted by atomic mass is 32.2. The van der Waals surface area contributed by atoms with Crippen LogP contribution in [0.15, 0.2) is 35.2 Å². The zero-order chi connectivity index (χ0) is 13.1. The van der Waals surface area contributed by atoms with Crippen LogP contribution in [0, 0.1) is 0 Å². The van der Waals surface area contributed by atoms with Crippen LogP contribution in [-0.4, -0.2) is 20.7 Å². The van der Waals surface area contributed by atoms with Gasteiger partial charge in [0.1, 0.15) is 0 Å². The van der Waals surface area contributed by atoms with Crippen LogP contribution < -0.4 is 0 Å². The van der Waals surface area contributed by atoms with E-state index in [0.29, 0.717) is 0 Å². The van der Waals surface area contributed by atoms with Crippen molar-refractivity contribution in [2.24, 2.45) is 0 Å². The van der Waals surface area contributed by atoms with E-state index in [9.17, 15) is 21.6 Å². The Morgan fingerprint density at radius 2 is 1.82 bits per heavy atom. The summed E-state index contributed by atoms with van der Waals surface area (Å²) in [5.74, 6) is 0. The van der Waals surface area contributed by atoms with Crippen LogP contribution in [0.4, 0.5) is 13.2 Å². The molecule has 1 rings (SSSR count). The maximum Gasteiger partial charge on any atom is 0.400 e. The summed E-state index contributed by atoms with van der Waals surface area (Å²) in [6.45, 7) is 1.16. The van der Waals surface area contributed by atoms with Crippen molar-refractivity contribution >= 4 is 10.1 Å². The van der Waals surface area contributed by atoms with Crippen molar-refractivity contribution in [2.45, 2.75) is 30.5 Å². The molecule has 0 aliphatic rings. The van der Waals surface area contributed by atoms with E-state index in [2.05, 4.69) is 4.18 Å². The minimum Gasteiger partial charge on any atom is -0.238 e. The lowest BCUT2D eigenvalue weighted by molar-refractivity contribution is -0.217. The summed E-state index contributed by atoms with van der Waals surface area (Å²) < 4.78 is 65.3. The Morgan fingerprint density at radius 1 is 1.29 bits per heavy atom. The number of alkyl halides is 3. The molecule has 0 aromatic heterocycles. The van der Waals surface area contributed by atoms with Gasteiger partial charge in [-0.05, 0) is 18.6 Å². The summed E-state index contributed by atoms with van der Waals surface area (Å²) in [6, 6.07) is 6.39. The van der Waals surface area contributed by atoms with Crippen LogP contribution in [-0.2, 0) is 14.3 Å². The van der Waals surface area contributed by atoms with E-state index in [1.165, 1.54) is 18.2 Å². The van der Waals surface area contributed by atoms with Gasteiger partial charge in [0.15, 0.2) is 6.17 Å². The third kappa shape index (κ3) is 3.44. The molecule has 3 nitrogen and oxygen atoms in total. The Labute approximate surface area is 97.3 Å². The van der Waals surface area contributed by atoms with E-state index < -0.39 is 33.7 Å². The molecule has 1 aromatic carbocycles. The van der Waals surface area contributed by atoms with Gasteiger partial charge in [-0.15, -0.1) is 0 Å². The molecule has 0 saturated carbocycles. The number of benzene rings is 1. The van der Waals surface area contributed by atoms with Gasteiger partial charge in [-0.2, -0.15) is 21.4 Å². The monoisotopic (exact) mass is 268 g/mol. The van der Waals surface area contributed by atoms with E-state index in [1.54, 1.807) is 0 Å².